The van der Waals surface area contributed by atoms with Gasteiger partial charge in [-0.25, -0.2) is 4.39 Å². The van der Waals surface area contributed by atoms with Crippen LogP contribution in [0.15, 0.2) is 30.5 Å². The van der Waals surface area contributed by atoms with Gasteiger partial charge in [0, 0.05) is 17.1 Å². The van der Waals surface area contributed by atoms with Crippen molar-refractivity contribution in [3.05, 3.63) is 56.9 Å². The van der Waals surface area contributed by atoms with E-state index in [-0.39, 0.29) is 11.4 Å². The summed E-state index contributed by atoms with van der Waals surface area (Å²) >= 11 is 18.0. The van der Waals surface area contributed by atoms with Crippen LogP contribution in [0.3, 0.4) is 0 Å². The summed E-state index contributed by atoms with van der Waals surface area (Å²) in [6.07, 6.45) is 1.79. The van der Waals surface area contributed by atoms with Crippen molar-refractivity contribution in [2.24, 2.45) is 0 Å². The summed E-state index contributed by atoms with van der Waals surface area (Å²) in [5.74, 6) is -0.402. The normalized spacial score (nSPS) is 10.9. The van der Waals surface area contributed by atoms with Crippen molar-refractivity contribution < 1.29 is 4.39 Å². The van der Waals surface area contributed by atoms with Crippen molar-refractivity contribution in [2.45, 2.75) is 6.42 Å². The van der Waals surface area contributed by atoms with Crippen molar-refractivity contribution >= 4 is 45.7 Å². The topological polar surface area (TPSA) is 39.6 Å². The highest BCUT2D eigenvalue weighted by Gasteiger charge is 2.13. The van der Waals surface area contributed by atoms with Gasteiger partial charge >= 0.3 is 0 Å². The summed E-state index contributed by atoms with van der Waals surface area (Å²) in [6, 6.07) is 8.47. The summed E-state index contributed by atoms with van der Waals surface area (Å²) in [4.78, 5) is 2.98. The van der Waals surface area contributed by atoms with E-state index in [0.717, 1.165) is 0 Å². The molecule has 0 saturated carbocycles. The third-order valence-corrected chi connectivity index (χ3v) is 4.60. The molecule has 1 aromatic heterocycles. The molecule has 0 fully saturated rings. The van der Waals surface area contributed by atoms with E-state index in [1.165, 1.54) is 6.07 Å². The molecule has 0 amide bonds. The Hall–Kier alpha value is -1.73. The summed E-state index contributed by atoms with van der Waals surface area (Å²) in [5, 5.41) is 10.1. The van der Waals surface area contributed by atoms with E-state index < -0.39 is 5.82 Å². The Labute approximate surface area is 141 Å². The molecule has 3 rings (SSSR count). The fourth-order valence-electron chi connectivity index (χ4n) is 2.40. The molecule has 0 radical (unpaired) electrons. The number of hydrogen-bond donors (Lipinski definition) is 1. The zero-order chi connectivity index (χ0) is 15.9. The lowest BCUT2D eigenvalue weighted by Gasteiger charge is -2.07. The van der Waals surface area contributed by atoms with Crippen LogP contribution in [0.25, 0.3) is 22.0 Å². The van der Waals surface area contributed by atoms with Gasteiger partial charge in [-0.1, -0.05) is 34.8 Å². The molecule has 0 atom stereocenters. The number of nitrogens with one attached hydrogen (secondary N) is 1. The van der Waals surface area contributed by atoms with Crippen LogP contribution >= 0.6 is 34.8 Å². The molecule has 22 heavy (non-hydrogen) atoms. The van der Waals surface area contributed by atoms with Crippen molar-refractivity contribution in [2.75, 3.05) is 0 Å². The van der Waals surface area contributed by atoms with Gasteiger partial charge in [-0.3, -0.25) is 0 Å². The second-order valence-electron chi connectivity index (χ2n) is 4.78. The maximum Gasteiger partial charge on any atom is 0.133 e. The zero-order valence-corrected chi connectivity index (χ0v) is 13.3. The zero-order valence-electron chi connectivity index (χ0n) is 11.1. The smallest absolute Gasteiger partial charge is 0.133 e. The highest BCUT2D eigenvalue weighted by atomic mass is 35.5. The van der Waals surface area contributed by atoms with Crippen LogP contribution in [0.4, 0.5) is 4.39 Å². The molecular formula is C16H8Cl3FN2. The van der Waals surface area contributed by atoms with Gasteiger partial charge in [-0.2, -0.15) is 5.26 Å². The van der Waals surface area contributed by atoms with E-state index in [1.54, 1.807) is 24.4 Å². The number of rotatable bonds is 2. The van der Waals surface area contributed by atoms with Crippen LogP contribution < -0.4 is 0 Å². The Morgan fingerprint density at radius 1 is 1.05 bits per heavy atom. The molecule has 0 spiro atoms. The first-order valence-electron chi connectivity index (χ1n) is 6.32. The third kappa shape index (κ3) is 2.55. The Bertz CT molecular complexity index is 902. The van der Waals surface area contributed by atoms with E-state index in [0.29, 0.717) is 37.6 Å². The lowest BCUT2D eigenvalue weighted by atomic mass is 10.0. The van der Waals surface area contributed by atoms with E-state index in [4.69, 9.17) is 40.1 Å². The Morgan fingerprint density at radius 3 is 2.32 bits per heavy atom. The van der Waals surface area contributed by atoms with Gasteiger partial charge in [0.2, 0.25) is 0 Å². The van der Waals surface area contributed by atoms with Gasteiger partial charge in [-0.15, -0.1) is 0 Å². The number of halogens is 4. The molecular weight excluding hydrogens is 346 g/mol. The Kier molecular flexibility index (Phi) is 4.01. The van der Waals surface area contributed by atoms with Gasteiger partial charge < -0.3 is 4.98 Å². The molecule has 2 nitrogen and oxygen atoms in total. The predicted molar refractivity (Wildman–Crippen MR) is 88.0 cm³/mol. The molecule has 3 aromatic rings. The number of H-pyrrole nitrogens is 1. The van der Waals surface area contributed by atoms with Gasteiger partial charge in [-0.05, 0) is 41.0 Å². The average molecular weight is 354 g/mol. The third-order valence-electron chi connectivity index (χ3n) is 3.40. The van der Waals surface area contributed by atoms with E-state index in [9.17, 15) is 4.39 Å². The molecule has 1 heterocycles. The Morgan fingerprint density at radius 2 is 1.68 bits per heavy atom. The van der Waals surface area contributed by atoms with Crippen LogP contribution in [0.5, 0.6) is 0 Å². The molecule has 1 N–H and O–H groups in total. The Balaban J connectivity index is 2.19. The SMILES string of the molecule is N#CCc1c[nH]c2cc(-c3cc(Cl)c(Cl)c(Cl)c3)cc(F)c12. The number of benzene rings is 2. The average Bonchev–Trinajstić information content (AvgIpc) is 2.88. The first-order chi connectivity index (χ1) is 10.5. The van der Waals surface area contributed by atoms with Gasteiger partial charge in [0.15, 0.2) is 0 Å². The molecule has 0 aliphatic rings. The van der Waals surface area contributed by atoms with Gasteiger partial charge in [0.1, 0.15) is 5.82 Å². The fourth-order valence-corrected chi connectivity index (χ4v) is 2.99. The second-order valence-corrected chi connectivity index (χ2v) is 5.98. The van der Waals surface area contributed by atoms with Crippen LogP contribution in [0.1, 0.15) is 5.56 Å². The molecule has 0 bridgehead atoms. The van der Waals surface area contributed by atoms with E-state index >= 15 is 0 Å². The summed E-state index contributed by atoms with van der Waals surface area (Å²) in [7, 11) is 0. The van der Waals surface area contributed by atoms with Gasteiger partial charge in [0.25, 0.3) is 0 Å². The van der Waals surface area contributed by atoms with Crippen LogP contribution in [0.2, 0.25) is 15.1 Å². The first-order valence-corrected chi connectivity index (χ1v) is 7.46. The largest absolute Gasteiger partial charge is 0.361 e. The minimum Gasteiger partial charge on any atom is -0.361 e. The number of nitrogens with zero attached hydrogens (tertiary/aromatic N) is 1. The monoisotopic (exact) mass is 352 g/mol. The standard InChI is InChI=1S/C16H8Cl3FN2/c17-11-3-9(4-12(18)16(11)19)10-5-13(20)15-8(1-2-21)7-22-14(15)6-10/h3-7,22H,1H2. The van der Waals surface area contributed by atoms with Crippen molar-refractivity contribution in [3.63, 3.8) is 0 Å². The lowest BCUT2D eigenvalue weighted by Crippen LogP contribution is -1.86. The van der Waals surface area contributed by atoms with Gasteiger partial charge in [0.05, 0.1) is 27.6 Å². The fraction of sp³-hybridized carbons (Fsp3) is 0.0625. The first kappa shape index (κ1) is 15.2. The maximum absolute atomic E-state index is 14.4. The number of fused-ring (bicyclic) bond motifs is 1. The molecule has 6 heteroatoms. The van der Waals surface area contributed by atoms with E-state index in [2.05, 4.69) is 4.98 Å². The van der Waals surface area contributed by atoms with Crippen molar-refractivity contribution in [1.29, 1.82) is 5.26 Å². The van der Waals surface area contributed by atoms with Crippen molar-refractivity contribution in [3.8, 4) is 17.2 Å². The number of aromatic amines is 1. The summed E-state index contributed by atoms with van der Waals surface area (Å²) in [6.45, 7) is 0. The number of hydrogen-bond acceptors (Lipinski definition) is 1. The maximum atomic E-state index is 14.4. The molecule has 110 valence electrons. The second kappa shape index (κ2) is 5.81. The molecule has 0 aliphatic carbocycles. The van der Waals surface area contributed by atoms with Crippen molar-refractivity contribution in [1.82, 2.24) is 4.98 Å². The summed E-state index contributed by atoms with van der Waals surface area (Å²) in [5.41, 5.74) is 2.53. The highest BCUT2D eigenvalue weighted by molar-refractivity contribution is 6.48. The highest BCUT2D eigenvalue weighted by Crippen LogP contribution is 2.36. The summed E-state index contributed by atoms with van der Waals surface area (Å²) < 4.78 is 14.4. The number of nitriles is 1. The predicted octanol–water partition coefficient (Wildman–Crippen LogP) is 6.00. The van der Waals surface area contributed by atoms with E-state index in [1.807, 2.05) is 6.07 Å². The molecule has 0 saturated heterocycles. The molecule has 0 aliphatic heterocycles. The quantitative estimate of drug-likeness (QED) is 0.564. The molecule has 0 unspecified atom stereocenters. The van der Waals surface area contributed by atoms with Crippen LogP contribution in [-0.2, 0) is 6.42 Å². The lowest BCUT2D eigenvalue weighted by molar-refractivity contribution is 0.640. The minimum atomic E-state index is -0.402. The van der Waals surface area contributed by atoms with Crippen LogP contribution in [-0.4, -0.2) is 4.98 Å². The minimum absolute atomic E-state index is 0.148. The molecule has 2 aromatic carbocycles. The van der Waals surface area contributed by atoms with Crippen LogP contribution in [0, 0.1) is 17.1 Å². The number of aromatic nitrogens is 1.